The lowest BCUT2D eigenvalue weighted by atomic mass is 10.0. The van der Waals surface area contributed by atoms with E-state index in [0.717, 1.165) is 13.2 Å². The van der Waals surface area contributed by atoms with Gasteiger partial charge in [0.2, 0.25) is 0 Å². The second kappa shape index (κ2) is 4.63. The lowest BCUT2D eigenvalue weighted by molar-refractivity contribution is -0.137. The van der Waals surface area contributed by atoms with Gasteiger partial charge in [-0.05, 0) is 12.1 Å². The number of esters is 1. The molecule has 0 aliphatic rings. The van der Waals surface area contributed by atoms with Crippen molar-refractivity contribution in [3.8, 4) is 6.07 Å². The minimum absolute atomic E-state index is 0.279. The monoisotopic (exact) mass is 263 g/mol. The topological polar surface area (TPSA) is 50.1 Å². The number of hydrogen-bond donors (Lipinski definition) is 0. The molecule has 90 valence electrons. The number of nitriles is 1. The van der Waals surface area contributed by atoms with Gasteiger partial charge < -0.3 is 4.74 Å². The molecule has 1 rings (SSSR count). The first-order chi connectivity index (χ1) is 7.82. The summed E-state index contributed by atoms with van der Waals surface area (Å²) in [4.78, 5) is 11.2. The van der Waals surface area contributed by atoms with E-state index in [0.29, 0.717) is 6.07 Å². The third-order valence-corrected chi connectivity index (χ3v) is 2.36. The third kappa shape index (κ3) is 2.50. The Kier molecular flexibility index (Phi) is 3.63. The van der Waals surface area contributed by atoms with Crippen LogP contribution in [-0.4, -0.2) is 13.1 Å². The van der Waals surface area contributed by atoms with Crippen LogP contribution in [-0.2, 0) is 10.9 Å². The van der Waals surface area contributed by atoms with E-state index in [-0.39, 0.29) is 5.56 Å². The number of ether oxygens (including phenoxy) is 1. The molecule has 17 heavy (non-hydrogen) atoms. The highest BCUT2D eigenvalue weighted by Crippen LogP contribution is 2.36. The van der Waals surface area contributed by atoms with Crippen LogP contribution in [0.15, 0.2) is 12.1 Å². The van der Waals surface area contributed by atoms with Gasteiger partial charge in [-0.3, -0.25) is 0 Å². The van der Waals surface area contributed by atoms with Gasteiger partial charge in [0.05, 0.1) is 28.8 Å². The molecule has 0 unspecified atom stereocenters. The summed E-state index contributed by atoms with van der Waals surface area (Å²) in [6.07, 6.45) is -4.71. The van der Waals surface area contributed by atoms with Crippen molar-refractivity contribution in [1.29, 1.82) is 5.26 Å². The van der Waals surface area contributed by atoms with Gasteiger partial charge in [-0.25, -0.2) is 4.79 Å². The predicted octanol–water partition coefficient (Wildman–Crippen LogP) is 3.02. The van der Waals surface area contributed by atoms with Crippen LogP contribution >= 0.6 is 11.6 Å². The van der Waals surface area contributed by atoms with Crippen LogP contribution in [0.4, 0.5) is 13.2 Å². The van der Waals surface area contributed by atoms with Crippen molar-refractivity contribution in [2.75, 3.05) is 7.11 Å². The molecule has 0 saturated carbocycles. The fraction of sp³-hybridized carbons (Fsp3) is 0.200. The molecule has 1 aromatic carbocycles. The molecule has 0 fully saturated rings. The summed E-state index contributed by atoms with van der Waals surface area (Å²) in [7, 11) is 1.06. The van der Waals surface area contributed by atoms with Gasteiger partial charge in [0.1, 0.15) is 6.07 Å². The molecule has 0 aliphatic carbocycles. The zero-order valence-electron chi connectivity index (χ0n) is 8.43. The maximum Gasteiger partial charge on any atom is 0.417 e. The molecule has 0 spiro atoms. The molecule has 0 atom stereocenters. The Balaban J connectivity index is 3.50. The van der Waals surface area contributed by atoms with Crippen molar-refractivity contribution in [2.24, 2.45) is 0 Å². The van der Waals surface area contributed by atoms with Crippen molar-refractivity contribution in [3.63, 3.8) is 0 Å². The smallest absolute Gasteiger partial charge is 0.417 e. The van der Waals surface area contributed by atoms with Gasteiger partial charge in [-0.2, -0.15) is 18.4 Å². The van der Waals surface area contributed by atoms with Gasteiger partial charge in [-0.1, -0.05) is 11.6 Å². The molecular formula is C10H5ClF3NO2. The first-order valence-electron chi connectivity index (χ1n) is 4.21. The number of rotatable bonds is 1. The molecule has 0 aromatic heterocycles. The summed E-state index contributed by atoms with van der Waals surface area (Å²) in [6.45, 7) is 0. The largest absolute Gasteiger partial charge is 0.465 e. The van der Waals surface area contributed by atoms with Crippen LogP contribution in [0.25, 0.3) is 0 Å². The highest BCUT2D eigenvalue weighted by molar-refractivity contribution is 6.34. The minimum atomic E-state index is -4.71. The lowest BCUT2D eigenvalue weighted by Crippen LogP contribution is -2.11. The maximum atomic E-state index is 12.5. The van der Waals surface area contributed by atoms with Gasteiger partial charge in [0, 0.05) is 0 Å². The number of alkyl halides is 3. The van der Waals surface area contributed by atoms with Crippen LogP contribution in [0.1, 0.15) is 21.5 Å². The number of carbonyl (C=O) groups is 1. The molecule has 0 N–H and O–H groups in total. The Morgan fingerprint density at radius 3 is 2.47 bits per heavy atom. The Bertz CT molecular complexity index is 505. The first-order valence-corrected chi connectivity index (χ1v) is 4.58. The molecule has 0 amide bonds. The van der Waals surface area contributed by atoms with Gasteiger partial charge in [-0.15, -0.1) is 0 Å². The summed E-state index contributed by atoms with van der Waals surface area (Å²) in [6, 6.07) is 2.82. The molecule has 3 nitrogen and oxygen atoms in total. The van der Waals surface area contributed by atoms with E-state index < -0.39 is 28.3 Å². The Hall–Kier alpha value is -1.74. The van der Waals surface area contributed by atoms with E-state index >= 15 is 0 Å². The van der Waals surface area contributed by atoms with E-state index in [9.17, 15) is 18.0 Å². The van der Waals surface area contributed by atoms with Crippen molar-refractivity contribution >= 4 is 17.6 Å². The molecule has 7 heteroatoms. The second-order valence-corrected chi connectivity index (χ2v) is 3.33. The fourth-order valence-corrected chi connectivity index (χ4v) is 1.47. The quantitative estimate of drug-likeness (QED) is 0.732. The summed E-state index contributed by atoms with van der Waals surface area (Å²) in [5.41, 5.74) is -2.25. The highest BCUT2D eigenvalue weighted by atomic mass is 35.5. The number of methoxy groups -OCH3 is 1. The second-order valence-electron chi connectivity index (χ2n) is 2.95. The van der Waals surface area contributed by atoms with Crippen molar-refractivity contribution < 1.29 is 22.7 Å². The molecule has 0 heterocycles. The number of halogens is 4. The molecular weight excluding hydrogens is 259 g/mol. The average Bonchev–Trinajstić information content (AvgIpc) is 2.26. The number of nitrogens with zero attached hydrogens (tertiary/aromatic N) is 1. The predicted molar refractivity (Wildman–Crippen MR) is 52.5 cm³/mol. The zero-order valence-corrected chi connectivity index (χ0v) is 9.19. The van der Waals surface area contributed by atoms with E-state index in [4.69, 9.17) is 16.9 Å². The Morgan fingerprint density at radius 2 is 2.06 bits per heavy atom. The average molecular weight is 264 g/mol. The first kappa shape index (κ1) is 13.3. The van der Waals surface area contributed by atoms with Crippen molar-refractivity contribution in [2.45, 2.75) is 6.18 Å². The lowest BCUT2D eigenvalue weighted by Gasteiger charge is -2.11. The third-order valence-electron chi connectivity index (χ3n) is 1.96. The van der Waals surface area contributed by atoms with E-state index in [1.165, 1.54) is 6.07 Å². The van der Waals surface area contributed by atoms with Crippen molar-refractivity contribution in [3.05, 3.63) is 33.8 Å². The normalized spacial score (nSPS) is 10.8. The standard InChI is InChI=1S/C10H5ClF3NO2/c1-17-9(16)5-2-3-7(10(12,13)14)6(4-15)8(5)11/h2-3H,1H3. The van der Waals surface area contributed by atoms with Gasteiger partial charge in [0.15, 0.2) is 0 Å². The van der Waals surface area contributed by atoms with Crippen molar-refractivity contribution in [1.82, 2.24) is 0 Å². The Morgan fingerprint density at radius 1 is 1.47 bits per heavy atom. The minimum Gasteiger partial charge on any atom is -0.465 e. The number of benzene rings is 1. The summed E-state index contributed by atoms with van der Waals surface area (Å²) >= 11 is 5.57. The fourth-order valence-electron chi connectivity index (χ4n) is 1.19. The SMILES string of the molecule is COC(=O)c1ccc(C(F)(F)F)c(C#N)c1Cl. The van der Waals surface area contributed by atoms with Gasteiger partial charge in [0.25, 0.3) is 0 Å². The molecule has 1 aromatic rings. The Labute approximate surface area is 99.4 Å². The van der Waals surface area contributed by atoms with Gasteiger partial charge >= 0.3 is 12.1 Å². The summed E-state index contributed by atoms with van der Waals surface area (Å²) < 4.78 is 41.8. The van der Waals surface area contributed by atoms with Crippen LogP contribution < -0.4 is 0 Å². The van der Waals surface area contributed by atoms with E-state index in [1.807, 2.05) is 0 Å². The zero-order chi connectivity index (χ0) is 13.2. The maximum absolute atomic E-state index is 12.5. The van der Waals surface area contributed by atoms with Crippen LogP contribution in [0.2, 0.25) is 5.02 Å². The van der Waals surface area contributed by atoms with Crippen LogP contribution in [0, 0.1) is 11.3 Å². The molecule has 0 aliphatic heterocycles. The summed E-state index contributed by atoms with van der Waals surface area (Å²) in [5, 5.41) is 8.09. The van der Waals surface area contributed by atoms with Crippen LogP contribution in [0.5, 0.6) is 0 Å². The highest BCUT2D eigenvalue weighted by Gasteiger charge is 2.35. The molecule has 0 saturated heterocycles. The van der Waals surface area contributed by atoms with Crippen LogP contribution in [0.3, 0.4) is 0 Å². The molecule has 0 radical (unpaired) electrons. The van der Waals surface area contributed by atoms with E-state index in [2.05, 4.69) is 4.74 Å². The summed E-state index contributed by atoms with van der Waals surface area (Å²) in [5.74, 6) is -0.903. The number of carbonyl (C=O) groups excluding carboxylic acids is 1. The van der Waals surface area contributed by atoms with E-state index in [1.54, 1.807) is 0 Å². The number of hydrogen-bond acceptors (Lipinski definition) is 3. The molecule has 0 bridgehead atoms.